The van der Waals surface area contributed by atoms with Gasteiger partial charge in [0.2, 0.25) is 0 Å². The van der Waals surface area contributed by atoms with Gasteiger partial charge in [0.05, 0.1) is 31.9 Å². The van der Waals surface area contributed by atoms with Crippen LogP contribution < -0.4 is 14.2 Å². The first-order valence-corrected chi connectivity index (χ1v) is 14.2. The number of amides is 1. The molecule has 1 atom stereocenters. The highest BCUT2D eigenvalue weighted by atomic mass is 16.5. The van der Waals surface area contributed by atoms with Gasteiger partial charge in [0.15, 0.2) is 11.5 Å². The van der Waals surface area contributed by atoms with Crippen LogP contribution in [0, 0.1) is 5.92 Å². The molecular formula is C34H39NO6. The van der Waals surface area contributed by atoms with Crippen LogP contribution in [0.4, 0.5) is 0 Å². The summed E-state index contributed by atoms with van der Waals surface area (Å²) in [6, 6.07) is 21.3. The summed E-state index contributed by atoms with van der Waals surface area (Å²) in [5, 5.41) is 11.4. The number of ketones is 1. The van der Waals surface area contributed by atoms with Crippen LogP contribution in [0.25, 0.3) is 5.76 Å². The van der Waals surface area contributed by atoms with E-state index in [1.807, 2.05) is 43.3 Å². The average Bonchev–Trinajstić information content (AvgIpc) is 3.24. The molecule has 4 rings (SSSR count). The third kappa shape index (κ3) is 7.09. The number of aliphatic hydroxyl groups excluding tert-OH is 1. The summed E-state index contributed by atoms with van der Waals surface area (Å²) in [5.74, 6) is 0.652. The predicted octanol–water partition coefficient (Wildman–Crippen LogP) is 6.57. The summed E-state index contributed by atoms with van der Waals surface area (Å²) in [6.45, 7) is 7.71. The average molecular weight is 558 g/mol. The Bertz CT molecular complexity index is 1360. The number of methoxy groups -OCH3 is 1. The van der Waals surface area contributed by atoms with Crippen molar-refractivity contribution >= 4 is 17.4 Å². The summed E-state index contributed by atoms with van der Waals surface area (Å²) >= 11 is 0. The zero-order valence-corrected chi connectivity index (χ0v) is 24.3. The summed E-state index contributed by atoms with van der Waals surface area (Å²) < 4.78 is 17.3. The highest BCUT2D eigenvalue weighted by molar-refractivity contribution is 6.46. The van der Waals surface area contributed by atoms with E-state index in [1.54, 1.807) is 43.5 Å². The van der Waals surface area contributed by atoms with Crippen LogP contribution in [0.2, 0.25) is 0 Å². The summed E-state index contributed by atoms with van der Waals surface area (Å²) in [6.07, 6.45) is 2.33. The number of hydrogen-bond acceptors (Lipinski definition) is 6. The number of carbonyl (C=O) groups excluding carboxylic acids is 2. The molecule has 0 saturated carbocycles. The quantitative estimate of drug-likeness (QED) is 0.145. The van der Waals surface area contributed by atoms with Crippen LogP contribution in [0.1, 0.15) is 56.3 Å². The molecule has 0 aliphatic carbocycles. The van der Waals surface area contributed by atoms with Crippen molar-refractivity contribution in [1.82, 2.24) is 4.90 Å². The number of rotatable bonds is 13. The molecule has 1 aliphatic heterocycles. The molecule has 0 spiro atoms. The maximum absolute atomic E-state index is 13.5. The number of carbonyl (C=O) groups is 2. The van der Waals surface area contributed by atoms with Crippen LogP contribution in [0.5, 0.6) is 17.2 Å². The molecule has 1 heterocycles. The zero-order valence-electron chi connectivity index (χ0n) is 24.3. The predicted molar refractivity (Wildman–Crippen MR) is 159 cm³/mol. The lowest BCUT2D eigenvalue weighted by Crippen LogP contribution is -2.31. The highest BCUT2D eigenvalue weighted by Crippen LogP contribution is 2.42. The highest BCUT2D eigenvalue weighted by Gasteiger charge is 2.46. The number of benzene rings is 3. The van der Waals surface area contributed by atoms with Gasteiger partial charge < -0.3 is 24.2 Å². The van der Waals surface area contributed by atoms with E-state index in [0.29, 0.717) is 60.5 Å². The second kappa shape index (κ2) is 13.9. The topological polar surface area (TPSA) is 85.3 Å². The van der Waals surface area contributed by atoms with E-state index in [4.69, 9.17) is 14.2 Å². The van der Waals surface area contributed by atoms with E-state index in [0.717, 1.165) is 18.4 Å². The van der Waals surface area contributed by atoms with Gasteiger partial charge in [0.25, 0.3) is 11.7 Å². The standard InChI is InChI=1S/C34H39NO6/c1-5-20-40-27-14-11-25(12-15-27)32(36)30-31(26-13-16-28(29(22-26)39-4)41-21-18-23(2)3)35(34(38)33(30)37)19-17-24-9-7-6-8-10-24/h6-16,22-23,31,36H,5,17-21H2,1-4H3/b32-30+. The van der Waals surface area contributed by atoms with Crippen molar-refractivity contribution in [1.29, 1.82) is 0 Å². The fourth-order valence-electron chi connectivity index (χ4n) is 4.81. The maximum Gasteiger partial charge on any atom is 0.295 e. The lowest BCUT2D eigenvalue weighted by molar-refractivity contribution is -0.139. The fourth-order valence-corrected chi connectivity index (χ4v) is 4.81. The molecule has 0 aromatic heterocycles. The molecule has 7 nitrogen and oxygen atoms in total. The van der Waals surface area contributed by atoms with Gasteiger partial charge in [-0.2, -0.15) is 0 Å². The van der Waals surface area contributed by atoms with Crippen molar-refractivity contribution in [2.45, 2.75) is 46.1 Å². The molecule has 41 heavy (non-hydrogen) atoms. The molecular weight excluding hydrogens is 518 g/mol. The van der Waals surface area contributed by atoms with Gasteiger partial charge in [-0.05, 0) is 72.7 Å². The lowest BCUT2D eigenvalue weighted by atomic mass is 9.94. The van der Waals surface area contributed by atoms with E-state index in [1.165, 1.54) is 4.90 Å². The van der Waals surface area contributed by atoms with E-state index in [-0.39, 0.29) is 11.3 Å². The van der Waals surface area contributed by atoms with Crippen LogP contribution in [-0.4, -0.2) is 48.6 Å². The number of aliphatic hydroxyl groups is 1. The Hall–Kier alpha value is -4.26. The van der Waals surface area contributed by atoms with Gasteiger partial charge in [0, 0.05) is 12.1 Å². The Morgan fingerprint density at radius 3 is 2.32 bits per heavy atom. The molecule has 1 N–H and O–H groups in total. The van der Waals surface area contributed by atoms with Gasteiger partial charge in [-0.1, -0.05) is 57.2 Å². The van der Waals surface area contributed by atoms with Gasteiger partial charge in [-0.3, -0.25) is 9.59 Å². The number of ether oxygens (including phenoxy) is 3. The first kappa shape index (κ1) is 29.7. The smallest absolute Gasteiger partial charge is 0.295 e. The fraction of sp³-hybridized carbons (Fsp3) is 0.353. The summed E-state index contributed by atoms with van der Waals surface area (Å²) in [4.78, 5) is 28.4. The van der Waals surface area contributed by atoms with Gasteiger partial charge in [0.1, 0.15) is 11.5 Å². The minimum Gasteiger partial charge on any atom is -0.507 e. The molecule has 3 aromatic carbocycles. The first-order chi connectivity index (χ1) is 19.8. The molecule has 0 bridgehead atoms. The third-order valence-electron chi connectivity index (χ3n) is 7.08. The molecule has 1 saturated heterocycles. The van der Waals surface area contributed by atoms with E-state index in [9.17, 15) is 14.7 Å². The minimum atomic E-state index is -0.798. The monoisotopic (exact) mass is 557 g/mol. The number of Topliss-reactive ketones (excluding diaryl/α,β-unsaturated/α-hetero) is 1. The van der Waals surface area contributed by atoms with Crippen molar-refractivity contribution in [3.05, 3.63) is 95.1 Å². The molecule has 1 fully saturated rings. The molecule has 7 heteroatoms. The maximum atomic E-state index is 13.5. The minimum absolute atomic E-state index is 0.0424. The molecule has 0 radical (unpaired) electrons. The van der Waals surface area contributed by atoms with Crippen molar-refractivity contribution in [2.75, 3.05) is 26.9 Å². The largest absolute Gasteiger partial charge is 0.507 e. The molecule has 3 aromatic rings. The van der Waals surface area contributed by atoms with Crippen LogP contribution >= 0.6 is 0 Å². The van der Waals surface area contributed by atoms with Crippen LogP contribution in [-0.2, 0) is 16.0 Å². The number of nitrogens with zero attached hydrogens (tertiary/aromatic N) is 1. The van der Waals surface area contributed by atoms with Crippen molar-refractivity contribution in [3.63, 3.8) is 0 Å². The molecule has 1 aliphatic rings. The Balaban J connectivity index is 1.74. The normalized spacial score (nSPS) is 16.3. The second-order valence-electron chi connectivity index (χ2n) is 10.5. The Morgan fingerprint density at radius 2 is 1.66 bits per heavy atom. The van der Waals surface area contributed by atoms with E-state index < -0.39 is 17.7 Å². The van der Waals surface area contributed by atoms with E-state index >= 15 is 0 Å². The van der Waals surface area contributed by atoms with Gasteiger partial charge in [-0.25, -0.2) is 0 Å². The van der Waals surface area contributed by atoms with Gasteiger partial charge in [-0.15, -0.1) is 0 Å². The Labute approximate surface area is 242 Å². The van der Waals surface area contributed by atoms with Crippen LogP contribution in [0.15, 0.2) is 78.4 Å². The van der Waals surface area contributed by atoms with Crippen molar-refractivity contribution in [2.24, 2.45) is 5.92 Å². The van der Waals surface area contributed by atoms with Crippen molar-refractivity contribution < 1.29 is 28.9 Å². The summed E-state index contributed by atoms with van der Waals surface area (Å²) in [7, 11) is 1.56. The molecule has 1 amide bonds. The summed E-state index contributed by atoms with van der Waals surface area (Å²) in [5.41, 5.74) is 2.17. The first-order valence-electron chi connectivity index (χ1n) is 14.2. The van der Waals surface area contributed by atoms with Crippen LogP contribution in [0.3, 0.4) is 0 Å². The van der Waals surface area contributed by atoms with E-state index in [2.05, 4.69) is 13.8 Å². The molecule has 216 valence electrons. The Kier molecular flexibility index (Phi) is 10.1. The number of hydrogen-bond donors (Lipinski definition) is 1. The lowest BCUT2D eigenvalue weighted by Gasteiger charge is -2.26. The Morgan fingerprint density at radius 1 is 0.927 bits per heavy atom. The second-order valence-corrected chi connectivity index (χ2v) is 10.5. The third-order valence-corrected chi connectivity index (χ3v) is 7.08. The van der Waals surface area contributed by atoms with Crippen molar-refractivity contribution in [3.8, 4) is 17.2 Å². The SMILES string of the molecule is CCCOc1ccc(/C(O)=C2\C(=O)C(=O)N(CCc3ccccc3)C2c2ccc(OCCC(C)C)c(OC)c2)cc1. The zero-order chi connectivity index (χ0) is 29.4. The molecule has 1 unspecified atom stereocenters. The number of likely N-dealkylation sites (tertiary alicyclic amines) is 1. The van der Waals surface area contributed by atoms with Gasteiger partial charge >= 0.3 is 0 Å².